The Kier molecular flexibility index (Phi) is 6.74. The summed E-state index contributed by atoms with van der Waals surface area (Å²) in [5.74, 6) is 0.323. The number of carbonyl (C=O) groups is 1. The molecule has 0 amide bonds. The lowest BCUT2D eigenvalue weighted by atomic mass is 9.61. The Bertz CT molecular complexity index is 600. The molecule has 1 rings (SSSR count). The van der Waals surface area contributed by atoms with Gasteiger partial charge in [-0.25, -0.2) is 0 Å². The molecule has 0 aliphatic rings. The molecule has 0 aromatic heterocycles. The van der Waals surface area contributed by atoms with Crippen molar-refractivity contribution < 1.29 is 14.6 Å². The first-order valence-electron chi connectivity index (χ1n) is 9.68. The number of esters is 1. The van der Waals surface area contributed by atoms with E-state index >= 15 is 0 Å². The second kappa shape index (κ2) is 7.72. The van der Waals surface area contributed by atoms with Crippen LogP contribution in [-0.2, 0) is 10.4 Å². The summed E-state index contributed by atoms with van der Waals surface area (Å²) in [7, 11) is 0. The molecule has 1 N–H and O–H groups in total. The van der Waals surface area contributed by atoms with Crippen molar-refractivity contribution in [2.45, 2.75) is 87.2 Å². The van der Waals surface area contributed by atoms with E-state index in [1.54, 1.807) is 12.1 Å². The Labute approximate surface area is 160 Å². The molecule has 0 saturated carbocycles. The zero-order valence-corrected chi connectivity index (χ0v) is 18.2. The lowest BCUT2D eigenvalue weighted by Gasteiger charge is -2.43. The highest BCUT2D eigenvalue weighted by Crippen LogP contribution is 2.47. The third kappa shape index (κ3) is 5.57. The molecule has 2 unspecified atom stereocenters. The van der Waals surface area contributed by atoms with Gasteiger partial charge in [0.25, 0.3) is 0 Å². The van der Waals surface area contributed by atoms with E-state index in [0.29, 0.717) is 12.2 Å². The topological polar surface area (TPSA) is 46.5 Å². The van der Waals surface area contributed by atoms with Gasteiger partial charge in [0, 0.05) is 0 Å². The van der Waals surface area contributed by atoms with Crippen LogP contribution in [0.5, 0.6) is 5.75 Å². The Morgan fingerprint density at radius 1 is 0.962 bits per heavy atom. The van der Waals surface area contributed by atoms with Crippen LogP contribution in [0.25, 0.3) is 0 Å². The van der Waals surface area contributed by atoms with E-state index in [9.17, 15) is 9.90 Å². The monoisotopic (exact) mass is 362 g/mol. The maximum absolute atomic E-state index is 13.1. The van der Waals surface area contributed by atoms with Crippen LogP contribution in [0.4, 0.5) is 0 Å². The van der Waals surface area contributed by atoms with Gasteiger partial charge in [-0.15, -0.1) is 0 Å². The summed E-state index contributed by atoms with van der Waals surface area (Å²) in [6, 6.07) is 7.24. The van der Waals surface area contributed by atoms with Gasteiger partial charge in [-0.2, -0.15) is 0 Å². The van der Waals surface area contributed by atoms with Crippen LogP contribution < -0.4 is 4.74 Å². The SMILES string of the molecule is CCCC(C)(O)c1ccc(OC(=O)C(C)(CC(C)(C)C)C(C)(C)C)cc1. The first kappa shape index (κ1) is 22.7. The van der Waals surface area contributed by atoms with Crippen LogP contribution >= 0.6 is 0 Å². The third-order valence-electron chi connectivity index (χ3n) is 5.41. The number of benzene rings is 1. The number of ether oxygens (including phenoxy) is 1. The average molecular weight is 363 g/mol. The maximum atomic E-state index is 13.1. The van der Waals surface area contributed by atoms with Gasteiger partial charge in [-0.05, 0) is 55.2 Å². The van der Waals surface area contributed by atoms with Crippen LogP contribution in [0, 0.1) is 16.2 Å². The molecule has 3 nitrogen and oxygen atoms in total. The Balaban J connectivity index is 3.04. The zero-order valence-electron chi connectivity index (χ0n) is 18.2. The fourth-order valence-corrected chi connectivity index (χ4v) is 3.44. The molecule has 0 bridgehead atoms. The van der Waals surface area contributed by atoms with Gasteiger partial charge >= 0.3 is 5.97 Å². The predicted molar refractivity (Wildman–Crippen MR) is 108 cm³/mol. The molecule has 0 radical (unpaired) electrons. The van der Waals surface area contributed by atoms with Crippen LogP contribution in [0.15, 0.2) is 24.3 Å². The van der Waals surface area contributed by atoms with Gasteiger partial charge in [0.05, 0.1) is 11.0 Å². The normalized spacial score (nSPS) is 17.3. The quantitative estimate of drug-likeness (QED) is 0.492. The first-order chi connectivity index (χ1) is 11.6. The molecule has 0 spiro atoms. The standard InChI is InChI=1S/C23H38O3/c1-10-15-23(9,25)17-11-13-18(14-12-17)26-19(24)22(8,21(5,6)7)16-20(2,3)4/h11-14,25H,10,15-16H2,1-9H3. The molecule has 26 heavy (non-hydrogen) atoms. The molecule has 1 aromatic carbocycles. The van der Waals surface area contributed by atoms with Crippen LogP contribution in [0.3, 0.4) is 0 Å². The molecule has 0 aliphatic heterocycles. The fraction of sp³-hybridized carbons (Fsp3) is 0.696. The van der Waals surface area contributed by atoms with Crippen molar-refractivity contribution in [2.24, 2.45) is 16.2 Å². The highest BCUT2D eigenvalue weighted by atomic mass is 16.5. The van der Waals surface area contributed by atoms with E-state index in [1.165, 1.54) is 0 Å². The van der Waals surface area contributed by atoms with E-state index in [-0.39, 0.29) is 16.8 Å². The lowest BCUT2D eigenvalue weighted by molar-refractivity contribution is -0.154. The zero-order chi connectivity index (χ0) is 20.4. The van der Waals surface area contributed by atoms with Crippen molar-refractivity contribution in [1.82, 2.24) is 0 Å². The Morgan fingerprint density at radius 2 is 1.46 bits per heavy atom. The molecule has 0 heterocycles. The van der Waals surface area contributed by atoms with Gasteiger partial charge in [-0.3, -0.25) is 4.79 Å². The number of rotatable bonds is 6. The number of hydrogen-bond acceptors (Lipinski definition) is 3. The first-order valence-corrected chi connectivity index (χ1v) is 9.68. The van der Waals surface area contributed by atoms with Crippen molar-refractivity contribution in [3.63, 3.8) is 0 Å². The molecule has 3 heteroatoms. The maximum Gasteiger partial charge on any atom is 0.317 e. The second-order valence-electron chi connectivity index (χ2n) is 10.3. The van der Waals surface area contributed by atoms with Gasteiger partial charge in [0.1, 0.15) is 5.75 Å². The minimum atomic E-state index is -0.858. The largest absolute Gasteiger partial charge is 0.426 e. The Morgan fingerprint density at radius 3 is 1.85 bits per heavy atom. The van der Waals surface area contributed by atoms with E-state index in [2.05, 4.69) is 41.5 Å². The van der Waals surface area contributed by atoms with E-state index in [0.717, 1.165) is 18.4 Å². The molecule has 1 aromatic rings. The molecule has 2 atom stereocenters. The summed E-state index contributed by atoms with van der Waals surface area (Å²) < 4.78 is 5.76. The van der Waals surface area contributed by atoms with Crippen molar-refractivity contribution in [1.29, 1.82) is 0 Å². The molecule has 0 saturated heterocycles. The number of hydrogen-bond donors (Lipinski definition) is 1. The van der Waals surface area contributed by atoms with E-state index in [1.807, 2.05) is 32.9 Å². The molecular weight excluding hydrogens is 324 g/mol. The van der Waals surface area contributed by atoms with Crippen LogP contribution in [-0.4, -0.2) is 11.1 Å². The van der Waals surface area contributed by atoms with Crippen LogP contribution in [0.2, 0.25) is 0 Å². The highest BCUT2D eigenvalue weighted by Gasteiger charge is 2.48. The molecule has 148 valence electrons. The number of carbonyl (C=O) groups excluding carboxylic acids is 1. The molecule has 0 aliphatic carbocycles. The van der Waals surface area contributed by atoms with Gasteiger partial charge in [-0.1, -0.05) is 67.0 Å². The molecular formula is C23H38O3. The summed E-state index contributed by atoms with van der Waals surface area (Å²) in [6.45, 7) is 18.6. The van der Waals surface area contributed by atoms with Gasteiger partial charge in [0.15, 0.2) is 0 Å². The second-order valence-corrected chi connectivity index (χ2v) is 10.3. The predicted octanol–water partition coefficient (Wildman–Crippen LogP) is 6.09. The highest BCUT2D eigenvalue weighted by molar-refractivity contribution is 5.79. The minimum Gasteiger partial charge on any atom is -0.426 e. The van der Waals surface area contributed by atoms with Gasteiger partial charge in [0.2, 0.25) is 0 Å². The van der Waals surface area contributed by atoms with E-state index < -0.39 is 11.0 Å². The summed E-state index contributed by atoms with van der Waals surface area (Å²) in [4.78, 5) is 13.1. The van der Waals surface area contributed by atoms with Crippen molar-refractivity contribution >= 4 is 5.97 Å². The van der Waals surface area contributed by atoms with Crippen molar-refractivity contribution in [3.05, 3.63) is 29.8 Å². The summed E-state index contributed by atoms with van der Waals surface area (Å²) in [5.41, 5.74) is -0.820. The smallest absolute Gasteiger partial charge is 0.317 e. The summed E-state index contributed by atoms with van der Waals surface area (Å²) in [6.07, 6.45) is 2.34. The van der Waals surface area contributed by atoms with Gasteiger partial charge < -0.3 is 9.84 Å². The average Bonchev–Trinajstić information content (AvgIpc) is 2.44. The third-order valence-corrected chi connectivity index (χ3v) is 5.41. The fourth-order valence-electron chi connectivity index (χ4n) is 3.44. The van der Waals surface area contributed by atoms with E-state index in [4.69, 9.17) is 4.74 Å². The van der Waals surface area contributed by atoms with Crippen molar-refractivity contribution in [2.75, 3.05) is 0 Å². The van der Waals surface area contributed by atoms with Crippen LogP contribution in [0.1, 0.15) is 87.1 Å². The minimum absolute atomic E-state index is 0.0176. The van der Waals surface area contributed by atoms with Crippen molar-refractivity contribution in [3.8, 4) is 5.75 Å². The lowest BCUT2D eigenvalue weighted by Crippen LogP contribution is -2.45. The number of aliphatic hydroxyl groups is 1. The Hall–Kier alpha value is -1.35. The molecule has 0 fully saturated rings. The summed E-state index contributed by atoms with van der Waals surface area (Å²) >= 11 is 0. The summed E-state index contributed by atoms with van der Waals surface area (Å²) in [5, 5.41) is 10.5.